The smallest absolute Gasteiger partial charge is 0.319 e. The number of carbonyl (C=O) groups is 1. The van der Waals surface area contributed by atoms with Gasteiger partial charge >= 0.3 is 6.03 Å². The highest BCUT2D eigenvalue weighted by molar-refractivity contribution is 5.88. The summed E-state index contributed by atoms with van der Waals surface area (Å²) >= 11 is 0. The van der Waals surface area contributed by atoms with Crippen LogP contribution in [0.3, 0.4) is 0 Å². The van der Waals surface area contributed by atoms with E-state index in [4.69, 9.17) is 0 Å². The molecule has 22 heavy (non-hydrogen) atoms. The Hall–Kier alpha value is -3.22. The van der Waals surface area contributed by atoms with Gasteiger partial charge in [0.2, 0.25) is 0 Å². The molecule has 110 valence electrons. The topological polar surface area (TPSA) is 84.7 Å². The zero-order valence-corrected chi connectivity index (χ0v) is 11.7. The lowest BCUT2D eigenvalue weighted by Crippen LogP contribution is -2.28. The maximum atomic E-state index is 11.8. The minimum absolute atomic E-state index is 0.288. The SMILES string of the molecule is O=C(NCc1ccc(-n2cccn2)nc1)Nc1cccnc1. The normalized spacial score (nSPS) is 10.2. The van der Waals surface area contributed by atoms with E-state index in [1.165, 1.54) is 0 Å². The van der Waals surface area contributed by atoms with E-state index in [9.17, 15) is 4.79 Å². The van der Waals surface area contributed by atoms with E-state index in [-0.39, 0.29) is 6.03 Å². The molecule has 0 unspecified atom stereocenters. The molecule has 0 saturated heterocycles. The molecule has 0 saturated carbocycles. The summed E-state index contributed by atoms with van der Waals surface area (Å²) in [6.07, 6.45) is 8.46. The first-order valence-corrected chi connectivity index (χ1v) is 6.71. The number of nitrogens with zero attached hydrogens (tertiary/aromatic N) is 4. The highest BCUT2D eigenvalue weighted by Gasteiger charge is 2.03. The van der Waals surface area contributed by atoms with Gasteiger partial charge in [0.1, 0.15) is 0 Å². The molecule has 0 aliphatic carbocycles. The van der Waals surface area contributed by atoms with Crippen molar-refractivity contribution in [2.24, 2.45) is 0 Å². The molecule has 0 bridgehead atoms. The predicted molar refractivity (Wildman–Crippen MR) is 81.5 cm³/mol. The molecule has 3 aromatic heterocycles. The first-order chi connectivity index (χ1) is 10.8. The average molecular weight is 294 g/mol. The summed E-state index contributed by atoms with van der Waals surface area (Å²) in [6.45, 7) is 0.387. The second kappa shape index (κ2) is 6.49. The summed E-state index contributed by atoms with van der Waals surface area (Å²) in [5, 5.41) is 9.57. The van der Waals surface area contributed by atoms with E-state index in [2.05, 4.69) is 25.7 Å². The fourth-order valence-corrected chi connectivity index (χ4v) is 1.86. The van der Waals surface area contributed by atoms with Crippen LogP contribution in [0.2, 0.25) is 0 Å². The third kappa shape index (κ3) is 3.45. The van der Waals surface area contributed by atoms with Crippen LogP contribution in [-0.2, 0) is 6.54 Å². The van der Waals surface area contributed by atoms with Crippen LogP contribution in [0.25, 0.3) is 5.82 Å². The van der Waals surface area contributed by atoms with Gasteiger partial charge in [-0.15, -0.1) is 0 Å². The molecule has 3 aromatic rings. The van der Waals surface area contributed by atoms with Crippen LogP contribution >= 0.6 is 0 Å². The van der Waals surface area contributed by atoms with Crippen LogP contribution in [-0.4, -0.2) is 25.8 Å². The Labute approximate surface area is 127 Å². The number of carbonyl (C=O) groups excluding carboxylic acids is 1. The van der Waals surface area contributed by atoms with Crippen molar-refractivity contribution in [3.05, 3.63) is 66.9 Å². The van der Waals surface area contributed by atoms with Gasteiger partial charge in [0, 0.05) is 31.3 Å². The standard InChI is InChI=1S/C15H14N6O/c22-15(20-13-3-1-6-16-11-13)18-10-12-4-5-14(17-9-12)21-8-2-7-19-21/h1-9,11H,10H2,(H2,18,20,22). The van der Waals surface area contributed by atoms with Gasteiger partial charge in [0.15, 0.2) is 5.82 Å². The summed E-state index contributed by atoms with van der Waals surface area (Å²) in [5.41, 5.74) is 1.55. The molecule has 7 heteroatoms. The maximum absolute atomic E-state index is 11.8. The summed E-state index contributed by atoms with van der Waals surface area (Å²) < 4.78 is 1.67. The zero-order chi connectivity index (χ0) is 15.2. The number of hydrogen-bond acceptors (Lipinski definition) is 4. The number of hydrogen-bond donors (Lipinski definition) is 2. The van der Waals surface area contributed by atoms with Crippen LogP contribution < -0.4 is 10.6 Å². The Morgan fingerprint density at radius 1 is 1.14 bits per heavy atom. The van der Waals surface area contributed by atoms with Gasteiger partial charge in [-0.2, -0.15) is 5.10 Å². The van der Waals surface area contributed by atoms with Crippen molar-refractivity contribution < 1.29 is 4.79 Å². The molecule has 0 atom stereocenters. The number of nitrogens with one attached hydrogen (secondary N) is 2. The first kappa shape index (κ1) is 13.7. The molecule has 0 aliphatic rings. The van der Waals surface area contributed by atoms with Crippen molar-refractivity contribution in [2.75, 3.05) is 5.32 Å². The van der Waals surface area contributed by atoms with Gasteiger partial charge in [0.25, 0.3) is 0 Å². The van der Waals surface area contributed by atoms with Crippen molar-refractivity contribution in [3.8, 4) is 5.82 Å². The van der Waals surface area contributed by atoms with Crippen LogP contribution in [0.5, 0.6) is 0 Å². The number of pyridine rings is 2. The Morgan fingerprint density at radius 3 is 2.77 bits per heavy atom. The largest absolute Gasteiger partial charge is 0.334 e. The van der Waals surface area contributed by atoms with Gasteiger partial charge in [-0.3, -0.25) is 4.98 Å². The van der Waals surface area contributed by atoms with Crippen LogP contribution in [0, 0.1) is 0 Å². The van der Waals surface area contributed by atoms with Crippen LogP contribution in [0.1, 0.15) is 5.56 Å². The molecule has 2 amide bonds. The van der Waals surface area contributed by atoms with Gasteiger partial charge < -0.3 is 10.6 Å². The quantitative estimate of drug-likeness (QED) is 0.770. The summed E-state index contributed by atoms with van der Waals surface area (Å²) in [7, 11) is 0. The average Bonchev–Trinajstić information content (AvgIpc) is 3.09. The molecule has 3 rings (SSSR count). The molecular formula is C15H14N6O. The summed E-state index contributed by atoms with van der Waals surface area (Å²) in [4.78, 5) is 20.0. The highest BCUT2D eigenvalue weighted by Crippen LogP contribution is 2.05. The molecule has 0 aliphatic heterocycles. The maximum Gasteiger partial charge on any atom is 0.319 e. The van der Waals surface area contributed by atoms with Crippen molar-refractivity contribution in [1.29, 1.82) is 0 Å². The third-order valence-electron chi connectivity index (χ3n) is 2.92. The Balaban J connectivity index is 1.54. The predicted octanol–water partition coefficient (Wildman–Crippen LogP) is 1.98. The zero-order valence-electron chi connectivity index (χ0n) is 11.7. The van der Waals surface area contributed by atoms with Crippen LogP contribution in [0.4, 0.5) is 10.5 Å². The first-order valence-electron chi connectivity index (χ1n) is 6.71. The second-order valence-corrected chi connectivity index (χ2v) is 4.52. The fraction of sp³-hybridized carbons (Fsp3) is 0.0667. The van der Waals surface area contributed by atoms with Crippen molar-refractivity contribution >= 4 is 11.7 Å². The van der Waals surface area contributed by atoms with E-state index < -0.39 is 0 Å². The molecule has 0 spiro atoms. The van der Waals surface area contributed by atoms with Crippen molar-refractivity contribution in [2.45, 2.75) is 6.54 Å². The molecule has 0 aromatic carbocycles. The van der Waals surface area contributed by atoms with Crippen LogP contribution in [0.15, 0.2) is 61.3 Å². The summed E-state index contributed by atoms with van der Waals surface area (Å²) in [6, 6.07) is 8.82. The van der Waals surface area contributed by atoms with Gasteiger partial charge in [-0.1, -0.05) is 6.07 Å². The molecular weight excluding hydrogens is 280 g/mol. The number of aromatic nitrogens is 4. The second-order valence-electron chi connectivity index (χ2n) is 4.52. The summed E-state index contributed by atoms with van der Waals surface area (Å²) in [5.74, 6) is 0.730. The molecule has 7 nitrogen and oxygen atoms in total. The lowest BCUT2D eigenvalue weighted by molar-refractivity contribution is 0.251. The number of urea groups is 1. The van der Waals surface area contributed by atoms with E-state index >= 15 is 0 Å². The Bertz CT molecular complexity index is 724. The number of rotatable bonds is 4. The minimum atomic E-state index is -0.288. The number of anilines is 1. The highest BCUT2D eigenvalue weighted by atomic mass is 16.2. The lowest BCUT2D eigenvalue weighted by atomic mass is 10.3. The molecule has 0 radical (unpaired) electrons. The Morgan fingerprint density at radius 2 is 2.09 bits per heavy atom. The van der Waals surface area contributed by atoms with Gasteiger partial charge in [-0.25, -0.2) is 14.5 Å². The van der Waals surface area contributed by atoms with Gasteiger partial charge in [-0.05, 0) is 29.8 Å². The van der Waals surface area contributed by atoms with E-state index in [0.29, 0.717) is 12.2 Å². The van der Waals surface area contributed by atoms with E-state index in [0.717, 1.165) is 11.4 Å². The van der Waals surface area contributed by atoms with Crippen molar-refractivity contribution in [1.82, 2.24) is 25.1 Å². The van der Waals surface area contributed by atoms with E-state index in [1.807, 2.05) is 24.4 Å². The number of amides is 2. The molecule has 3 heterocycles. The molecule has 2 N–H and O–H groups in total. The molecule has 0 fully saturated rings. The van der Waals surface area contributed by atoms with Gasteiger partial charge in [0.05, 0.1) is 11.9 Å². The van der Waals surface area contributed by atoms with E-state index in [1.54, 1.807) is 41.6 Å². The fourth-order valence-electron chi connectivity index (χ4n) is 1.86. The Kier molecular flexibility index (Phi) is 4.05. The monoisotopic (exact) mass is 294 g/mol. The minimum Gasteiger partial charge on any atom is -0.334 e. The van der Waals surface area contributed by atoms with Crippen molar-refractivity contribution in [3.63, 3.8) is 0 Å². The lowest BCUT2D eigenvalue weighted by Gasteiger charge is -2.07. The third-order valence-corrected chi connectivity index (χ3v) is 2.92.